The van der Waals surface area contributed by atoms with Crippen molar-refractivity contribution in [3.63, 3.8) is 0 Å². The first kappa shape index (κ1) is 31.1. The zero-order valence-electron chi connectivity index (χ0n) is 25.3. The quantitative estimate of drug-likeness (QED) is 0.264. The SMILES string of the molecule is CN(c1ccncc1)c1ccc(CN(C(=O)/C=C/c2ccc(C(F)(F)F)cc2)C2CC3(C2)CN(C(=O)OC(C)(C)C)C3)cc1. The van der Waals surface area contributed by atoms with Crippen LogP contribution >= 0.6 is 0 Å². The van der Waals surface area contributed by atoms with Crippen molar-refractivity contribution in [2.24, 2.45) is 5.41 Å². The summed E-state index contributed by atoms with van der Waals surface area (Å²) in [5, 5.41) is 0. The van der Waals surface area contributed by atoms with Gasteiger partial charge in [-0.15, -0.1) is 0 Å². The third-order valence-electron chi connectivity index (χ3n) is 8.15. The number of carbonyl (C=O) groups is 2. The van der Waals surface area contributed by atoms with Crippen LogP contribution in [0.15, 0.2) is 79.1 Å². The molecule has 1 saturated heterocycles. The van der Waals surface area contributed by atoms with Crippen molar-refractivity contribution in [1.29, 1.82) is 0 Å². The van der Waals surface area contributed by atoms with Gasteiger partial charge in [-0.1, -0.05) is 24.3 Å². The van der Waals surface area contributed by atoms with E-state index in [4.69, 9.17) is 4.74 Å². The zero-order chi connectivity index (χ0) is 31.7. The van der Waals surface area contributed by atoms with Crippen molar-refractivity contribution >= 4 is 29.5 Å². The molecule has 1 aliphatic heterocycles. The second kappa shape index (κ2) is 12.0. The molecular weight excluding hydrogens is 569 g/mol. The van der Waals surface area contributed by atoms with Gasteiger partial charge in [0.25, 0.3) is 0 Å². The molecule has 10 heteroatoms. The van der Waals surface area contributed by atoms with Crippen molar-refractivity contribution in [3.05, 3.63) is 95.8 Å². The molecule has 1 saturated carbocycles. The molecule has 2 fully saturated rings. The molecule has 0 unspecified atom stereocenters. The van der Waals surface area contributed by atoms with Gasteiger partial charge in [-0.25, -0.2) is 4.79 Å². The number of anilines is 2. The monoisotopic (exact) mass is 606 g/mol. The average molecular weight is 607 g/mol. The van der Waals surface area contributed by atoms with Crippen LogP contribution < -0.4 is 4.90 Å². The van der Waals surface area contributed by atoms with Crippen LogP contribution in [0.2, 0.25) is 0 Å². The Morgan fingerprint density at radius 3 is 2.11 bits per heavy atom. The minimum absolute atomic E-state index is 0.0280. The molecule has 1 aromatic heterocycles. The molecule has 2 heterocycles. The lowest BCUT2D eigenvalue weighted by Crippen LogP contribution is -2.68. The Morgan fingerprint density at radius 1 is 0.955 bits per heavy atom. The Kier molecular flexibility index (Phi) is 8.46. The number of hydrogen-bond acceptors (Lipinski definition) is 5. The number of nitrogens with zero attached hydrogens (tertiary/aromatic N) is 4. The summed E-state index contributed by atoms with van der Waals surface area (Å²) in [7, 11) is 1.97. The number of pyridine rings is 1. The van der Waals surface area contributed by atoms with Gasteiger partial charge in [0.05, 0.1) is 5.56 Å². The molecular formula is C34H37F3N4O3. The maximum atomic E-state index is 13.5. The Hall–Kier alpha value is -4.34. The van der Waals surface area contributed by atoms with E-state index in [9.17, 15) is 22.8 Å². The van der Waals surface area contributed by atoms with E-state index in [2.05, 4.69) is 4.98 Å². The summed E-state index contributed by atoms with van der Waals surface area (Å²) in [6.07, 6.45) is 3.22. The first-order valence-corrected chi connectivity index (χ1v) is 14.6. The molecule has 1 aliphatic carbocycles. The van der Waals surface area contributed by atoms with Gasteiger partial charge >= 0.3 is 12.3 Å². The van der Waals surface area contributed by atoms with Gasteiger partial charge < -0.3 is 19.4 Å². The van der Waals surface area contributed by atoms with E-state index in [0.29, 0.717) is 25.2 Å². The maximum absolute atomic E-state index is 13.5. The summed E-state index contributed by atoms with van der Waals surface area (Å²) in [5.41, 5.74) is 2.12. The number of aromatic nitrogens is 1. The van der Waals surface area contributed by atoms with E-state index in [1.54, 1.807) is 23.4 Å². The Morgan fingerprint density at radius 2 is 1.55 bits per heavy atom. The number of likely N-dealkylation sites (tertiary alicyclic amines) is 1. The van der Waals surface area contributed by atoms with Crippen molar-refractivity contribution in [1.82, 2.24) is 14.8 Å². The number of hydrogen-bond donors (Lipinski definition) is 0. The van der Waals surface area contributed by atoms with E-state index in [1.807, 2.05) is 74.0 Å². The molecule has 3 aromatic rings. The number of carbonyl (C=O) groups excluding carboxylic acids is 2. The number of ether oxygens (including phenoxy) is 1. The minimum atomic E-state index is -4.42. The maximum Gasteiger partial charge on any atom is 0.416 e. The lowest BCUT2D eigenvalue weighted by molar-refractivity contribution is -0.144. The van der Waals surface area contributed by atoms with Crippen molar-refractivity contribution in [2.45, 2.75) is 58.0 Å². The molecule has 5 rings (SSSR count). The smallest absolute Gasteiger partial charge is 0.416 e. The van der Waals surface area contributed by atoms with Crippen LogP contribution in [0.5, 0.6) is 0 Å². The Labute approximate surface area is 255 Å². The normalized spacial score (nSPS) is 16.4. The minimum Gasteiger partial charge on any atom is -0.444 e. The number of alkyl halides is 3. The van der Waals surface area contributed by atoms with Crippen LogP contribution in [0.1, 0.15) is 50.3 Å². The number of rotatable bonds is 7. The van der Waals surface area contributed by atoms with E-state index in [0.717, 1.165) is 41.9 Å². The highest BCUT2D eigenvalue weighted by Gasteiger charge is 2.56. The fourth-order valence-corrected chi connectivity index (χ4v) is 5.81. The Bertz CT molecular complexity index is 1490. The standard InChI is InChI=1S/C34H37F3N4O3/c1-32(2,3)44-31(43)40-22-33(23-40)19-29(20-33)41(30(42)14-9-24-5-10-26(11-6-24)34(35,36)37)21-25-7-12-27(13-8-25)39(4)28-15-17-38-18-16-28/h5-18,29H,19-23H2,1-4H3/b14-9+. The Balaban J connectivity index is 1.28. The van der Waals surface area contributed by atoms with Crippen molar-refractivity contribution < 1.29 is 27.5 Å². The van der Waals surface area contributed by atoms with E-state index in [-0.39, 0.29) is 23.5 Å². The second-order valence-corrected chi connectivity index (χ2v) is 12.7. The predicted octanol–water partition coefficient (Wildman–Crippen LogP) is 7.31. The summed E-state index contributed by atoms with van der Waals surface area (Å²) >= 11 is 0. The van der Waals surface area contributed by atoms with Gasteiger partial charge in [0.1, 0.15) is 5.60 Å². The van der Waals surface area contributed by atoms with E-state index < -0.39 is 17.3 Å². The van der Waals surface area contributed by atoms with Gasteiger partial charge in [0.15, 0.2) is 0 Å². The average Bonchev–Trinajstić information content (AvgIpc) is 2.93. The van der Waals surface area contributed by atoms with E-state index >= 15 is 0 Å². The van der Waals surface area contributed by atoms with Crippen LogP contribution in [0.25, 0.3) is 6.08 Å². The fourth-order valence-electron chi connectivity index (χ4n) is 5.81. The summed E-state index contributed by atoms with van der Waals surface area (Å²) in [6, 6.07) is 16.5. The first-order chi connectivity index (χ1) is 20.7. The molecule has 0 N–H and O–H groups in total. The van der Waals surface area contributed by atoms with Crippen molar-refractivity contribution in [3.8, 4) is 0 Å². The van der Waals surface area contributed by atoms with Crippen LogP contribution in [0, 0.1) is 5.41 Å². The van der Waals surface area contributed by atoms with Crippen LogP contribution in [0.3, 0.4) is 0 Å². The second-order valence-electron chi connectivity index (χ2n) is 12.7. The van der Waals surface area contributed by atoms with Crippen LogP contribution in [-0.2, 0) is 22.3 Å². The van der Waals surface area contributed by atoms with Crippen molar-refractivity contribution in [2.75, 3.05) is 25.0 Å². The molecule has 0 radical (unpaired) electrons. The van der Waals surface area contributed by atoms with Gasteiger partial charge in [-0.2, -0.15) is 13.2 Å². The zero-order valence-corrected chi connectivity index (χ0v) is 25.3. The van der Waals surface area contributed by atoms with Gasteiger partial charge in [0.2, 0.25) is 5.91 Å². The molecule has 232 valence electrons. The van der Waals surface area contributed by atoms with E-state index in [1.165, 1.54) is 18.2 Å². The fraction of sp³-hybridized carbons (Fsp3) is 0.382. The molecule has 0 atom stereocenters. The molecule has 2 amide bonds. The molecule has 0 bridgehead atoms. The highest BCUT2D eigenvalue weighted by atomic mass is 19.4. The van der Waals surface area contributed by atoms with Gasteiger partial charge in [-0.3, -0.25) is 9.78 Å². The molecule has 2 aliphatic rings. The topological polar surface area (TPSA) is 66.0 Å². The lowest BCUT2D eigenvalue weighted by Gasteiger charge is -2.60. The third-order valence-corrected chi connectivity index (χ3v) is 8.15. The third kappa shape index (κ3) is 7.23. The molecule has 1 spiro atoms. The predicted molar refractivity (Wildman–Crippen MR) is 163 cm³/mol. The largest absolute Gasteiger partial charge is 0.444 e. The summed E-state index contributed by atoms with van der Waals surface area (Å²) in [5.74, 6) is -0.217. The van der Waals surface area contributed by atoms with Gasteiger partial charge in [-0.05, 0) is 87.2 Å². The first-order valence-electron chi connectivity index (χ1n) is 14.6. The number of amides is 2. The number of halogens is 3. The summed E-state index contributed by atoms with van der Waals surface area (Å²) < 4.78 is 44.4. The van der Waals surface area contributed by atoms with Crippen LogP contribution in [0.4, 0.5) is 29.3 Å². The van der Waals surface area contributed by atoms with Crippen LogP contribution in [-0.4, -0.2) is 58.6 Å². The number of benzene rings is 2. The highest BCUT2D eigenvalue weighted by Crippen LogP contribution is 2.51. The molecule has 7 nitrogen and oxygen atoms in total. The lowest BCUT2D eigenvalue weighted by atomic mass is 9.60. The summed E-state index contributed by atoms with van der Waals surface area (Å²) in [4.78, 5) is 35.6. The molecule has 2 aromatic carbocycles. The highest BCUT2D eigenvalue weighted by molar-refractivity contribution is 5.92. The summed E-state index contributed by atoms with van der Waals surface area (Å²) in [6.45, 7) is 7.09. The van der Waals surface area contributed by atoms with Gasteiger partial charge in [0, 0.05) is 68.0 Å². The molecule has 44 heavy (non-hydrogen) atoms.